The van der Waals surface area contributed by atoms with E-state index in [1.54, 1.807) is 30.3 Å². The maximum Gasteiger partial charge on any atom is 0.416 e. The van der Waals surface area contributed by atoms with Gasteiger partial charge >= 0.3 is 12.4 Å². The van der Waals surface area contributed by atoms with Crippen molar-refractivity contribution >= 4 is 0 Å². The van der Waals surface area contributed by atoms with Gasteiger partial charge in [0.05, 0.1) is 24.3 Å². The van der Waals surface area contributed by atoms with Gasteiger partial charge in [0.2, 0.25) is 0 Å². The van der Waals surface area contributed by atoms with Crippen molar-refractivity contribution in [1.29, 1.82) is 0 Å². The summed E-state index contributed by atoms with van der Waals surface area (Å²) in [6.45, 7) is -0.365. The molecule has 2 aromatic rings. The fourth-order valence-electron chi connectivity index (χ4n) is 2.13. The van der Waals surface area contributed by atoms with E-state index in [2.05, 4.69) is 0 Å². The van der Waals surface area contributed by atoms with E-state index in [1.807, 2.05) is 0 Å². The van der Waals surface area contributed by atoms with Crippen LogP contribution in [0.25, 0.3) is 0 Å². The number of ether oxygens (including phenoxy) is 1. The minimum atomic E-state index is -4.96. The Morgan fingerprint density at radius 3 is 1.84 bits per heavy atom. The molecular formula is C17H14F6O2. The summed E-state index contributed by atoms with van der Waals surface area (Å²) in [5, 5.41) is 9.92. The molecule has 0 heterocycles. The summed E-state index contributed by atoms with van der Waals surface area (Å²) < 4.78 is 81.9. The first kappa shape index (κ1) is 19.3. The number of halogens is 6. The molecule has 0 fully saturated rings. The Morgan fingerprint density at radius 1 is 0.840 bits per heavy atom. The van der Waals surface area contributed by atoms with Gasteiger partial charge in [-0.3, -0.25) is 0 Å². The third kappa shape index (κ3) is 5.47. The zero-order valence-electron chi connectivity index (χ0n) is 12.7. The Balaban J connectivity index is 2.16. The molecule has 136 valence electrons. The van der Waals surface area contributed by atoms with Crippen LogP contribution in [0.3, 0.4) is 0 Å². The van der Waals surface area contributed by atoms with Gasteiger partial charge in [-0.2, -0.15) is 26.3 Å². The van der Waals surface area contributed by atoms with Crippen LogP contribution in [0, 0.1) is 0 Å². The van der Waals surface area contributed by atoms with Gasteiger partial charge in [0.1, 0.15) is 6.10 Å². The smallest absolute Gasteiger partial charge is 0.386 e. The SMILES string of the molecule is OC(COCc1ccccc1)c1cc(C(F)(F)F)cc(C(F)(F)F)c1. The van der Waals surface area contributed by atoms with E-state index in [-0.39, 0.29) is 12.7 Å². The van der Waals surface area contributed by atoms with Gasteiger partial charge in [0, 0.05) is 0 Å². The normalized spacial score (nSPS) is 13.7. The fraction of sp³-hybridized carbons (Fsp3) is 0.294. The van der Waals surface area contributed by atoms with E-state index in [0.29, 0.717) is 12.1 Å². The standard InChI is InChI=1S/C17H14F6O2/c18-16(19,20)13-6-12(7-14(8-13)17(21,22)23)15(24)10-25-9-11-4-2-1-3-5-11/h1-8,15,24H,9-10H2. The molecule has 2 aromatic carbocycles. The van der Waals surface area contributed by atoms with E-state index in [1.165, 1.54) is 0 Å². The highest BCUT2D eigenvalue weighted by Crippen LogP contribution is 2.37. The highest BCUT2D eigenvalue weighted by atomic mass is 19.4. The molecule has 0 aliphatic rings. The first-order chi connectivity index (χ1) is 11.6. The van der Waals surface area contributed by atoms with Gasteiger partial charge in [-0.15, -0.1) is 0 Å². The van der Waals surface area contributed by atoms with Crippen LogP contribution in [0.4, 0.5) is 26.3 Å². The van der Waals surface area contributed by atoms with Gasteiger partial charge in [-0.1, -0.05) is 30.3 Å². The van der Waals surface area contributed by atoms with E-state index < -0.39 is 41.8 Å². The number of rotatable bonds is 5. The first-order valence-corrected chi connectivity index (χ1v) is 7.16. The quantitative estimate of drug-likeness (QED) is 0.759. The fourth-order valence-corrected chi connectivity index (χ4v) is 2.13. The molecule has 1 atom stereocenters. The lowest BCUT2D eigenvalue weighted by Gasteiger charge is -2.17. The minimum absolute atomic E-state index is 0.0149. The van der Waals surface area contributed by atoms with E-state index in [0.717, 1.165) is 5.56 Å². The van der Waals surface area contributed by atoms with Crippen LogP contribution in [0.1, 0.15) is 28.4 Å². The zero-order chi connectivity index (χ0) is 18.7. The average Bonchev–Trinajstić information content (AvgIpc) is 2.53. The summed E-state index contributed by atoms with van der Waals surface area (Å²) in [6, 6.07) is 9.74. The molecule has 0 saturated carbocycles. The van der Waals surface area contributed by atoms with Crippen LogP contribution >= 0.6 is 0 Å². The molecule has 2 nitrogen and oxygen atoms in total. The zero-order valence-corrected chi connectivity index (χ0v) is 12.7. The number of benzene rings is 2. The molecule has 1 unspecified atom stereocenters. The Hall–Kier alpha value is -2.06. The van der Waals surface area contributed by atoms with Crippen molar-refractivity contribution in [3.63, 3.8) is 0 Å². The second kappa shape index (κ2) is 7.45. The Kier molecular flexibility index (Phi) is 5.74. The summed E-state index contributed by atoms with van der Waals surface area (Å²) >= 11 is 0. The number of hydrogen-bond acceptors (Lipinski definition) is 2. The van der Waals surface area contributed by atoms with E-state index in [9.17, 15) is 31.4 Å². The predicted octanol–water partition coefficient (Wildman–Crippen LogP) is 4.97. The minimum Gasteiger partial charge on any atom is -0.386 e. The molecule has 0 amide bonds. The van der Waals surface area contributed by atoms with Gasteiger partial charge in [-0.05, 0) is 29.3 Å². The second-order valence-corrected chi connectivity index (χ2v) is 5.36. The maximum atomic E-state index is 12.8. The molecule has 8 heteroatoms. The van der Waals surface area contributed by atoms with Crippen LogP contribution in [0.15, 0.2) is 48.5 Å². The Labute approximate surface area is 139 Å². The van der Waals surface area contributed by atoms with Crippen molar-refractivity contribution in [2.75, 3.05) is 6.61 Å². The topological polar surface area (TPSA) is 29.5 Å². The third-order valence-electron chi connectivity index (χ3n) is 3.38. The number of aliphatic hydroxyl groups excluding tert-OH is 1. The maximum absolute atomic E-state index is 12.8. The third-order valence-corrected chi connectivity index (χ3v) is 3.38. The van der Waals surface area contributed by atoms with Crippen molar-refractivity contribution in [3.05, 3.63) is 70.8 Å². The lowest BCUT2D eigenvalue weighted by molar-refractivity contribution is -0.143. The summed E-state index contributed by atoms with van der Waals surface area (Å²) in [4.78, 5) is 0. The molecule has 25 heavy (non-hydrogen) atoms. The van der Waals surface area contributed by atoms with Gasteiger partial charge in [0.25, 0.3) is 0 Å². The summed E-state index contributed by atoms with van der Waals surface area (Å²) in [7, 11) is 0. The van der Waals surface area contributed by atoms with Gasteiger partial charge in [0.15, 0.2) is 0 Å². The lowest BCUT2D eigenvalue weighted by Crippen LogP contribution is -2.14. The average molecular weight is 364 g/mol. The molecule has 0 aliphatic carbocycles. The van der Waals surface area contributed by atoms with Gasteiger partial charge in [-0.25, -0.2) is 0 Å². The van der Waals surface area contributed by atoms with Crippen LogP contribution < -0.4 is 0 Å². The number of hydrogen-bond donors (Lipinski definition) is 1. The summed E-state index contributed by atoms with van der Waals surface area (Å²) in [5.41, 5.74) is -2.69. The first-order valence-electron chi connectivity index (χ1n) is 7.16. The molecule has 0 radical (unpaired) electrons. The Morgan fingerprint density at radius 2 is 1.36 bits per heavy atom. The molecule has 1 N–H and O–H groups in total. The van der Waals surface area contributed by atoms with Crippen molar-refractivity contribution in [1.82, 2.24) is 0 Å². The van der Waals surface area contributed by atoms with Crippen molar-refractivity contribution in [3.8, 4) is 0 Å². The van der Waals surface area contributed by atoms with Crippen molar-refractivity contribution in [2.24, 2.45) is 0 Å². The molecule has 2 rings (SSSR count). The molecular weight excluding hydrogens is 350 g/mol. The second-order valence-electron chi connectivity index (χ2n) is 5.36. The summed E-state index contributed by atoms with van der Waals surface area (Å²) in [5.74, 6) is 0. The van der Waals surface area contributed by atoms with Gasteiger partial charge < -0.3 is 9.84 Å². The highest BCUT2D eigenvalue weighted by Gasteiger charge is 2.37. The molecule has 0 saturated heterocycles. The highest BCUT2D eigenvalue weighted by molar-refractivity contribution is 5.34. The summed E-state index contributed by atoms with van der Waals surface area (Å²) in [6.07, 6.45) is -11.5. The van der Waals surface area contributed by atoms with Crippen molar-refractivity contribution in [2.45, 2.75) is 25.1 Å². The Bertz CT molecular complexity index is 662. The van der Waals surface area contributed by atoms with Crippen LogP contribution in [-0.2, 0) is 23.7 Å². The van der Waals surface area contributed by atoms with Crippen LogP contribution in [0.2, 0.25) is 0 Å². The van der Waals surface area contributed by atoms with Crippen LogP contribution in [0.5, 0.6) is 0 Å². The molecule has 0 bridgehead atoms. The van der Waals surface area contributed by atoms with Crippen LogP contribution in [-0.4, -0.2) is 11.7 Å². The monoisotopic (exact) mass is 364 g/mol. The van der Waals surface area contributed by atoms with Crippen molar-refractivity contribution < 1.29 is 36.2 Å². The lowest BCUT2D eigenvalue weighted by atomic mass is 10.0. The molecule has 0 spiro atoms. The predicted molar refractivity (Wildman–Crippen MR) is 77.5 cm³/mol. The largest absolute Gasteiger partial charge is 0.416 e. The van der Waals surface area contributed by atoms with E-state index in [4.69, 9.17) is 4.74 Å². The molecule has 0 aromatic heterocycles. The number of alkyl halides is 6. The molecule has 0 aliphatic heterocycles. The van der Waals surface area contributed by atoms with E-state index >= 15 is 0 Å². The number of aliphatic hydroxyl groups is 1.